The summed E-state index contributed by atoms with van der Waals surface area (Å²) in [6.45, 7) is 3.31. The van der Waals surface area contributed by atoms with Crippen molar-refractivity contribution in [2.75, 3.05) is 33.3 Å². The van der Waals surface area contributed by atoms with Crippen LogP contribution in [0.1, 0.15) is 24.8 Å². The minimum Gasteiger partial charge on any atom is -0.492 e. The summed E-state index contributed by atoms with van der Waals surface area (Å²) < 4.78 is 5.75. The second kappa shape index (κ2) is 7.94. The summed E-state index contributed by atoms with van der Waals surface area (Å²) in [5.41, 5.74) is 6.32. The van der Waals surface area contributed by atoms with Crippen LogP contribution < -0.4 is 10.5 Å². The molecule has 0 heterocycles. The number of nitrogens with two attached hydrogens (primary N) is 1. The number of nitrogens with zero attached hydrogens (tertiary/aromatic N) is 1. The first-order valence-corrected chi connectivity index (χ1v) is 7.38. The summed E-state index contributed by atoms with van der Waals surface area (Å²) in [4.78, 5) is 2.37. The van der Waals surface area contributed by atoms with Crippen LogP contribution in [0.4, 0.5) is 0 Å². The van der Waals surface area contributed by atoms with Crippen LogP contribution >= 0.6 is 0 Å². The molecule has 0 radical (unpaired) electrons. The quantitative estimate of drug-likeness (QED) is 0.806. The van der Waals surface area contributed by atoms with Crippen molar-refractivity contribution in [1.29, 1.82) is 0 Å². The molecule has 0 bridgehead atoms. The molecule has 2 N–H and O–H groups in total. The number of benzene rings is 1. The third kappa shape index (κ3) is 4.88. The van der Waals surface area contributed by atoms with Crippen molar-refractivity contribution >= 4 is 0 Å². The first kappa shape index (κ1) is 14.9. The zero-order valence-electron chi connectivity index (χ0n) is 12.3. The van der Waals surface area contributed by atoms with Gasteiger partial charge < -0.3 is 15.4 Å². The molecule has 0 saturated heterocycles. The maximum absolute atomic E-state index is 5.75. The number of hydrogen-bond donors (Lipinski definition) is 1. The fourth-order valence-corrected chi connectivity index (χ4v) is 2.31. The van der Waals surface area contributed by atoms with Crippen molar-refractivity contribution in [3.8, 4) is 17.6 Å². The van der Waals surface area contributed by atoms with Gasteiger partial charge in [0.1, 0.15) is 12.4 Å². The molecule has 0 amide bonds. The van der Waals surface area contributed by atoms with E-state index in [4.69, 9.17) is 10.5 Å². The number of rotatable bonds is 6. The Labute approximate surface area is 122 Å². The monoisotopic (exact) mass is 272 g/mol. The van der Waals surface area contributed by atoms with Crippen molar-refractivity contribution in [2.24, 2.45) is 11.7 Å². The average molecular weight is 272 g/mol. The van der Waals surface area contributed by atoms with Crippen LogP contribution in [0.25, 0.3) is 0 Å². The normalized spacial score (nSPS) is 14.6. The zero-order valence-corrected chi connectivity index (χ0v) is 12.3. The van der Waals surface area contributed by atoms with Crippen LogP contribution in [-0.2, 0) is 0 Å². The van der Waals surface area contributed by atoms with Crippen molar-refractivity contribution in [3.63, 3.8) is 0 Å². The van der Waals surface area contributed by atoms with E-state index < -0.39 is 0 Å². The Kier molecular flexibility index (Phi) is 5.91. The van der Waals surface area contributed by atoms with Crippen molar-refractivity contribution in [1.82, 2.24) is 4.90 Å². The molecule has 2 rings (SSSR count). The Morgan fingerprint density at radius 2 is 2.05 bits per heavy atom. The van der Waals surface area contributed by atoms with E-state index in [1.165, 1.54) is 25.8 Å². The molecule has 0 spiro atoms. The second-order valence-corrected chi connectivity index (χ2v) is 5.44. The smallest absolute Gasteiger partial charge is 0.119 e. The molecular weight excluding hydrogens is 248 g/mol. The molecule has 1 aliphatic carbocycles. The third-order valence-electron chi connectivity index (χ3n) is 3.73. The van der Waals surface area contributed by atoms with E-state index in [-0.39, 0.29) is 0 Å². The van der Waals surface area contributed by atoms with E-state index in [0.717, 1.165) is 30.4 Å². The van der Waals surface area contributed by atoms with Gasteiger partial charge in [-0.2, -0.15) is 0 Å². The lowest BCUT2D eigenvalue weighted by Crippen LogP contribution is -2.32. The molecule has 108 valence electrons. The summed E-state index contributed by atoms with van der Waals surface area (Å²) in [7, 11) is 2.17. The summed E-state index contributed by atoms with van der Waals surface area (Å²) in [6.07, 6.45) is 4.21. The lowest BCUT2D eigenvalue weighted by Gasteiger charge is -2.30. The van der Waals surface area contributed by atoms with E-state index in [9.17, 15) is 0 Å². The van der Waals surface area contributed by atoms with Gasteiger partial charge in [-0.15, -0.1) is 0 Å². The van der Waals surface area contributed by atoms with Crippen LogP contribution in [0, 0.1) is 17.8 Å². The van der Waals surface area contributed by atoms with Gasteiger partial charge >= 0.3 is 0 Å². The predicted octanol–water partition coefficient (Wildman–Crippen LogP) is 2.11. The molecule has 3 nitrogen and oxygen atoms in total. The Morgan fingerprint density at radius 3 is 2.65 bits per heavy atom. The van der Waals surface area contributed by atoms with Gasteiger partial charge in [0, 0.05) is 18.7 Å². The highest BCUT2D eigenvalue weighted by Gasteiger charge is 2.18. The van der Waals surface area contributed by atoms with Gasteiger partial charge in [0.25, 0.3) is 0 Å². The molecule has 1 aromatic rings. The van der Waals surface area contributed by atoms with E-state index in [1.54, 1.807) is 0 Å². The first-order valence-electron chi connectivity index (χ1n) is 7.38. The van der Waals surface area contributed by atoms with Crippen molar-refractivity contribution in [3.05, 3.63) is 29.8 Å². The largest absolute Gasteiger partial charge is 0.492 e. The summed E-state index contributed by atoms with van der Waals surface area (Å²) in [5, 5.41) is 0. The van der Waals surface area contributed by atoms with Crippen LogP contribution in [-0.4, -0.2) is 38.2 Å². The molecule has 20 heavy (non-hydrogen) atoms. The van der Waals surface area contributed by atoms with Crippen molar-refractivity contribution < 1.29 is 4.74 Å². The fraction of sp³-hybridized carbons (Fsp3) is 0.529. The van der Waals surface area contributed by atoms with Gasteiger partial charge in [-0.1, -0.05) is 18.3 Å². The number of hydrogen-bond acceptors (Lipinski definition) is 3. The van der Waals surface area contributed by atoms with Crippen LogP contribution in [0.2, 0.25) is 0 Å². The van der Waals surface area contributed by atoms with E-state index >= 15 is 0 Å². The highest BCUT2D eigenvalue weighted by Crippen LogP contribution is 2.26. The molecule has 1 aliphatic rings. The van der Waals surface area contributed by atoms with Crippen LogP contribution in [0.15, 0.2) is 24.3 Å². The Morgan fingerprint density at radius 1 is 1.30 bits per heavy atom. The SMILES string of the molecule is CN(CCOc1ccc(C#CCN)cc1)CC1CCC1. The Hall–Kier alpha value is -1.50. The highest BCUT2D eigenvalue weighted by atomic mass is 16.5. The molecule has 1 fully saturated rings. The van der Waals surface area contributed by atoms with Gasteiger partial charge in [-0.3, -0.25) is 0 Å². The molecule has 1 saturated carbocycles. The summed E-state index contributed by atoms with van der Waals surface area (Å²) in [6, 6.07) is 7.87. The van der Waals surface area contributed by atoms with E-state index in [2.05, 4.69) is 23.8 Å². The molecule has 0 unspecified atom stereocenters. The second-order valence-electron chi connectivity index (χ2n) is 5.44. The van der Waals surface area contributed by atoms with Crippen molar-refractivity contribution in [2.45, 2.75) is 19.3 Å². The molecule has 3 heteroatoms. The minimum absolute atomic E-state index is 0.394. The molecular formula is C17H24N2O. The van der Waals surface area contributed by atoms with Crippen LogP contribution in [0.5, 0.6) is 5.75 Å². The van der Waals surface area contributed by atoms with Gasteiger partial charge in [-0.05, 0) is 50.1 Å². The molecule has 1 aromatic carbocycles. The lowest BCUT2D eigenvalue weighted by atomic mass is 9.85. The van der Waals surface area contributed by atoms with Gasteiger partial charge in [0.05, 0.1) is 6.54 Å². The third-order valence-corrected chi connectivity index (χ3v) is 3.73. The fourth-order valence-electron chi connectivity index (χ4n) is 2.31. The van der Waals surface area contributed by atoms with Gasteiger partial charge in [0.2, 0.25) is 0 Å². The Balaban J connectivity index is 1.68. The lowest BCUT2D eigenvalue weighted by molar-refractivity contribution is 0.177. The van der Waals surface area contributed by atoms with Gasteiger partial charge in [-0.25, -0.2) is 0 Å². The molecule has 0 aliphatic heterocycles. The maximum atomic E-state index is 5.75. The highest BCUT2D eigenvalue weighted by molar-refractivity contribution is 5.38. The first-order chi connectivity index (χ1) is 9.78. The zero-order chi connectivity index (χ0) is 14.2. The number of likely N-dealkylation sites (N-methyl/N-ethyl adjacent to an activating group) is 1. The topological polar surface area (TPSA) is 38.5 Å². The minimum atomic E-state index is 0.394. The maximum Gasteiger partial charge on any atom is 0.119 e. The summed E-state index contributed by atoms with van der Waals surface area (Å²) >= 11 is 0. The summed E-state index contributed by atoms with van der Waals surface area (Å²) in [5.74, 6) is 7.66. The van der Waals surface area contributed by atoms with E-state index in [1.807, 2.05) is 24.3 Å². The standard InChI is InChI=1S/C17H24N2O/c1-19(14-16-4-2-5-16)12-13-20-17-9-7-15(8-10-17)6-3-11-18/h7-10,16H,2,4-5,11-14,18H2,1H3. The van der Waals surface area contributed by atoms with Gasteiger partial charge in [0.15, 0.2) is 0 Å². The Bertz CT molecular complexity index is 454. The average Bonchev–Trinajstić information content (AvgIpc) is 2.42. The van der Waals surface area contributed by atoms with Crippen LogP contribution in [0.3, 0.4) is 0 Å². The number of ether oxygens (including phenoxy) is 1. The molecule has 0 atom stereocenters. The molecule has 0 aromatic heterocycles. The van der Waals surface area contributed by atoms with E-state index in [0.29, 0.717) is 6.54 Å². The predicted molar refractivity (Wildman–Crippen MR) is 82.7 cm³/mol.